The molecule has 2 aromatic heterocycles. The van der Waals surface area contributed by atoms with Crippen LogP contribution >= 0.6 is 11.3 Å². The fraction of sp³-hybridized carbons (Fsp3) is 0.636. The maximum Gasteiger partial charge on any atom is 0.265 e. The molecule has 3 N–H and O–H groups in total. The van der Waals surface area contributed by atoms with Gasteiger partial charge in [-0.3, -0.25) is 4.79 Å². The normalized spacial score (nSPS) is 21.4. The summed E-state index contributed by atoms with van der Waals surface area (Å²) in [5, 5.41) is 17.4. The minimum Gasteiger partial charge on any atom is -0.393 e. The zero-order chi connectivity index (χ0) is 22.3. The summed E-state index contributed by atoms with van der Waals surface area (Å²) in [5.41, 5.74) is 0.795. The highest BCUT2D eigenvalue weighted by atomic mass is 32.1. The number of ether oxygens (including phenoxy) is 1. The third kappa shape index (κ3) is 5.73. The first-order chi connectivity index (χ1) is 15.6. The molecule has 10 heteroatoms. The number of nitrogens with zero attached hydrogens (tertiary/aromatic N) is 4. The van der Waals surface area contributed by atoms with Crippen LogP contribution in [0.25, 0.3) is 10.6 Å². The van der Waals surface area contributed by atoms with E-state index in [-0.39, 0.29) is 18.1 Å². The maximum atomic E-state index is 12.8. The van der Waals surface area contributed by atoms with Crippen molar-refractivity contribution < 1.29 is 14.6 Å². The van der Waals surface area contributed by atoms with Crippen molar-refractivity contribution in [3.8, 4) is 10.6 Å². The van der Waals surface area contributed by atoms with E-state index in [1.165, 1.54) is 11.3 Å². The first-order valence-electron chi connectivity index (χ1n) is 11.5. The summed E-state index contributed by atoms with van der Waals surface area (Å²) in [6, 6.07) is 0.241. The predicted molar refractivity (Wildman–Crippen MR) is 125 cm³/mol. The summed E-state index contributed by atoms with van der Waals surface area (Å²) in [6.45, 7) is 5.32. The van der Waals surface area contributed by atoms with Crippen molar-refractivity contribution in [1.82, 2.24) is 19.9 Å². The van der Waals surface area contributed by atoms with Crippen LogP contribution in [0.1, 0.15) is 55.1 Å². The number of nitrogens with one attached hydrogen (secondary N) is 2. The topological polar surface area (TPSA) is 113 Å². The van der Waals surface area contributed by atoms with Crippen LogP contribution < -0.4 is 10.6 Å². The smallest absolute Gasteiger partial charge is 0.265 e. The molecule has 0 spiro atoms. The Hall–Kier alpha value is -2.30. The van der Waals surface area contributed by atoms with Gasteiger partial charge in [-0.2, -0.15) is 4.98 Å². The number of unbranched alkanes of at least 4 members (excludes halogenated alkanes) is 1. The molecule has 4 rings (SSSR count). The third-order valence-electron chi connectivity index (χ3n) is 5.88. The van der Waals surface area contributed by atoms with Crippen LogP contribution in [0, 0.1) is 0 Å². The number of aliphatic hydroxyl groups is 1. The Morgan fingerprint density at radius 2 is 2.00 bits per heavy atom. The van der Waals surface area contributed by atoms with E-state index in [9.17, 15) is 9.90 Å². The number of hydrogen-bond acceptors (Lipinski definition) is 9. The molecule has 3 heterocycles. The highest BCUT2D eigenvalue weighted by Crippen LogP contribution is 2.33. The van der Waals surface area contributed by atoms with E-state index in [1.54, 1.807) is 12.4 Å². The summed E-state index contributed by atoms with van der Waals surface area (Å²) in [7, 11) is 0. The van der Waals surface area contributed by atoms with E-state index in [2.05, 4.69) is 27.5 Å². The molecular weight excluding hydrogens is 428 g/mol. The Labute approximate surface area is 192 Å². The lowest BCUT2D eigenvalue weighted by molar-refractivity contribution is 0.0306. The van der Waals surface area contributed by atoms with Gasteiger partial charge in [-0.15, -0.1) is 11.3 Å². The number of carbonyl (C=O) groups is 1. The number of aliphatic hydroxyl groups excluding tert-OH is 1. The zero-order valence-electron chi connectivity index (χ0n) is 18.5. The number of thiazole rings is 1. The van der Waals surface area contributed by atoms with Gasteiger partial charge < -0.3 is 25.4 Å². The van der Waals surface area contributed by atoms with E-state index in [0.29, 0.717) is 37.1 Å². The number of morpholine rings is 1. The van der Waals surface area contributed by atoms with Gasteiger partial charge in [0.05, 0.1) is 31.1 Å². The molecule has 1 aliphatic heterocycles. The second kappa shape index (κ2) is 11.0. The van der Waals surface area contributed by atoms with Crippen LogP contribution in [0.5, 0.6) is 0 Å². The van der Waals surface area contributed by atoms with Crippen LogP contribution in [0.15, 0.2) is 12.4 Å². The molecule has 0 radical (unpaired) electrons. The Morgan fingerprint density at radius 3 is 2.75 bits per heavy atom. The van der Waals surface area contributed by atoms with Crippen molar-refractivity contribution in [3.63, 3.8) is 0 Å². The van der Waals surface area contributed by atoms with Gasteiger partial charge in [0.2, 0.25) is 5.95 Å². The number of carbonyl (C=O) groups excluding carboxylic acids is 1. The van der Waals surface area contributed by atoms with Crippen molar-refractivity contribution in [2.75, 3.05) is 43.5 Å². The molecule has 2 fully saturated rings. The molecule has 2 aliphatic rings. The molecule has 1 saturated carbocycles. The van der Waals surface area contributed by atoms with Crippen LogP contribution in [0.3, 0.4) is 0 Å². The third-order valence-corrected chi connectivity index (χ3v) is 6.90. The number of anilines is 2. The SMILES string of the molecule is CCCCNc1ncc(-c2ncc(C(=O)N3CCOCC3)s2)c(N[C@H]2CC[C@H](O)CC2)n1. The Bertz CT molecular complexity index is 894. The molecular formula is C22H32N6O3S. The van der Waals surface area contributed by atoms with Crippen LogP contribution in [0.4, 0.5) is 11.8 Å². The minimum atomic E-state index is -0.211. The second-order valence-corrected chi connectivity index (χ2v) is 9.35. The number of hydrogen-bond donors (Lipinski definition) is 3. The molecule has 174 valence electrons. The quantitative estimate of drug-likeness (QED) is 0.516. The lowest BCUT2D eigenvalue weighted by Gasteiger charge is -2.27. The number of amides is 1. The van der Waals surface area contributed by atoms with Gasteiger partial charge >= 0.3 is 0 Å². The van der Waals surface area contributed by atoms with Gasteiger partial charge in [-0.1, -0.05) is 13.3 Å². The van der Waals surface area contributed by atoms with Crippen molar-refractivity contribution in [2.45, 2.75) is 57.6 Å². The van der Waals surface area contributed by atoms with E-state index in [1.807, 2.05) is 4.90 Å². The lowest BCUT2D eigenvalue weighted by atomic mass is 9.93. The van der Waals surface area contributed by atoms with Crippen molar-refractivity contribution >= 4 is 29.0 Å². The molecule has 0 unspecified atom stereocenters. The Kier molecular flexibility index (Phi) is 7.88. The number of aromatic nitrogens is 3. The molecule has 2 aromatic rings. The molecule has 1 saturated heterocycles. The average molecular weight is 461 g/mol. The van der Waals surface area contributed by atoms with E-state index >= 15 is 0 Å². The van der Waals surface area contributed by atoms with E-state index in [4.69, 9.17) is 9.72 Å². The first kappa shape index (κ1) is 22.9. The summed E-state index contributed by atoms with van der Waals surface area (Å²) in [6.07, 6.45) is 8.72. The highest BCUT2D eigenvalue weighted by Gasteiger charge is 2.24. The van der Waals surface area contributed by atoms with Crippen molar-refractivity contribution in [3.05, 3.63) is 17.3 Å². The predicted octanol–water partition coefficient (Wildman–Crippen LogP) is 3.00. The molecule has 9 nitrogen and oxygen atoms in total. The summed E-state index contributed by atoms with van der Waals surface area (Å²) >= 11 is 1.37. The standard InChI is InChI=1S/C22H32N6O3S/c1-2-3-8-23-22-25-13-17(19(27-22)26-15-4-6-16(29)7-5-15)20-24-14-18(32-20)21(30)28-9-11-31-12-10-28/h13-16,29H,2-12H2,1H3,(H2,23,25,26,27)/t15-,16-. The number of rotatable bonds is 8. The maximum absolute atomic E-state index is 12.8. The zero-order valence-corrected chi connectivity index (χ0v) is 19.4. The van der Waals surface area contributed by atoms with E-state index < -0.39 is 0 Å². The van der Waals surface area contributed by atoms with Gasteiger partial charge in [0.15, 0.2) is 0 Å². The summed E-state index contributed by atoms with van der Waals surface area (Å²) in [5.74, 6) is 1.30. The van der Waals surface area contributed by atoms with Gasteiger partial charge in [-0.25, -0.2) is 9.97 Å². The largest absolute Gasteiger partial charge is 0.393 e. The molecule has 1 aliphatic carbocycles. The van der Waals surface area contributed by atoms with Crippen molar-refractivity contribution in [1.29, 1.82) is 0 Å². The first-order valence-corrected chi connectivity index (χ1v) is 12.3. The average Bonchev–Trinajstić information content (AvgIpc) is 3.31. The fourth-order valence-corrected chi connectivity index (χ4v) is 4.84. The van der Waals surface area contributed by atoms with Gasteiger partial charge in [0.25, 0.3) is 5.91 Å². The van der Waals surface area contributed by atoms with Gasteiger partial charge in [-0.05, 0) is 32.1 Å². The molecule has 1 amide bonds. The minimum absolute atomic E-state index is 0.00778. The molecule has 0 aromatic carbocycles. The highest BCUT2D eigenvalue weighted by molar-refractivity contribution is 7.17. The lowest BCUT2D eigenvalue weighted by Crippen LogP contribution is -2.40. The molecule has 0 bridgehead atoms. The monoisotopic (exact) mass is 460 g/mol. The van der Waals surface area contributed by atoms with E-state index in [0.717, 1.165) is 61.5 Å². The Morgan fingerprint density at radius 1 is 1.22 bits per heavy atom. The molecule has 0 atom stereocenters. The summed E-state index contributed by atoms with van der Waals surface area (Å²) in [4.78, 5) is 29.0. The van der Waals surface area contributed by atoms with Crippen molar-refractivity contribution in [2.24, 2.45) is 0 Å². The van der Waals surface area contributed by atoms with Crippen LogP contribution in [-0.2, 0) is 4.74 Å². The summed E-state index contributed by atoms with van der Waals surface area (Å²) < 4.78 is 5.35. The fourth-order valence-electron chi connectivity index (χ4n) is 3.94. The van der Waals surface area contributed by atoms with Gasteiger partial charge in [0.1, 0.15) is 15.7 Å². The van der Waals surface area contributed by atoms with Crippen LogP contribution in [-0.4, -0.2) is 75.9 Å². The second-order valence-electron chi connectivity index (χ2n) is 8.32. The Balaban J connectivity index is 1.54. The molecule has 32 heavy (non-hydrogen) atoms. The van der Waals surface area contributed by atoms with Crippen LogP contribution in [0.2, 0.25) is 0 Å². The van der Waals surface area contributed by atoms with Gasteiger partial charge in [0, 0.05) is 31.9 Å².